The zero-order chi connectivity index (χ0) is 11.4. The zero-order valence-corrected chi connectivity index (χ0v) is 9.22. The number of carbonyl (C=O) groups is 1. The van der Waals surface area contributed by atoms with Crippen molar-refractivity contribution in [1.82, 2.24) is 0 Å². The summed E-state index contributed by atoms with van der Waals surface area (Å²) in [6, 6.07) is 0. The third-order valence-electron chi connectivity index (χ3n) is 3.22. The fourth-order valence-electron chi connectivity index (χ4n) is 2.48. The molecule has 4 nitrogen and oxygen atoms in total. The van der Waals surface area contributed by atoms with Gasteiger partial charge in [0.15, 0.2) is 5.78 Å². The summed E-state index contributed by atoms with van der Waals surface area (Å²) in [6.07, 6.45) is 9.58. The van der Waals surface area contributed by atoms with Gasteiger partial charge < -0.3 is 0 Å². The van der Waals surface area contributed by atoms with Gasteiger partial charge in [-0.25, -0.2) is 0 Å². The summed E-state index contributed by atoms with van der Waals surface area (Å²) in [6.45, 7) is 0. The molecule has 1 unspecified atom stereocenters. The van der Waals surface area contributed by atoms with Crippen LogP contribution in [-0.4, -0.2) is 5.78 Å². The number of ketones is 1. The Balaban J connectivity index is 2.37. The molecule has 0 aromatic heterocycles. The molecule has 0 aliphatic heterocycles. The van der Waals surface area contributed by atoms with Gasteiger partial charge in [-0.3, -0.25) is 4.79 Å². The van der Waals surface area contributed by atoms with Crippen molar-refractivity contribution < 1.29 is 4.79 Å². The molecule has 0 aromatic rings. The van der Waals surface area contributed by atoms with E-state index in [1.807, 2.05) is 0 Å². The Morgan fingerprint density at radius 1 is 1.38 bits per heavy atom. The van der Waals surface area contributed by atoms with E-state index in [1.54, 1.807) is 0 Å². The fraction of sp³-hybridized carbons (Fsp3) is 0.583. The van der Waals surface area contributed by atoms with Gasteiger partial charge in [0.05, 0.1) is 0 Å². The summed E-state index contributed by atoms with van der Waals surface area (Å²) in [4.78, 5) is 14.7. The zero-order valence-electron chi connectivity index (χ0n) is 9.22. The molecule has 0 radical (unpaired) electrons. The highest BCUT2D eigenvalue weighted by molar-refractivity contribution is 5.97. The summed E-state index contributed by atoms with van der Waals surface area (Å²) in [5.41, 5.74) is 9.97. The van der Waals surface area contributed by atoms with Crippen LogP contribution in [0.1, 0.15) is 38.5 Å². The maximum atomic E-state index is 11.9. The monoisotopic (exact) mass is 217 g/mol. The van der Waals surface area contributed by atoms with E-state index in [1.165, 1.54) is 0 Å². The second-order valence-corrected chi connectivity index (χ2v) is 4.29. The summed E-state index contributed by atoms with van der Waals surface area (Å²) >= 11 is 0. The Bertz CT molecular complexity index is 402. The lowest BCUT2D eigenvalue weighted by molar-refractivity contribution is -0.116. The SMILES string of the molecule is [N-]=[N+]=NC1=C(C2C=CCCC2)C(=O)CCC1. The highest BCUT2D eigenvalue weighted by Gasteiger charge is 2.26. The highest BCUT2D eigenvalue weighted by atomic mass is 16.1. The van der Waals surface area contributed by atoms with E-state index in [0.717, 1.165) is 37.7 Å². The van der Waals surface area contributed by atoms with Crippen molar-refractivity contribution in [1.29, 1.82) is 0 Å². The van der Waals surface area contributed by atoms with Crippen molar-refractivity contribution in [3.63, 3.8) is 0 Å². The molecule has 0 heterocycles. The van der Waals surface area contributed by atoms with Crippen molar-refractivity contribution in [2.75, 3.05) is 0 Å². The Hall–Kier alpha value is -1.54. The van der Waals surface area contributed by atoms with Gasteiger partial charge in [0.1, 0.15) is 0 Å². The predicted octanol–water partition coefficient (Wildman–Crippen LogP) is 3.66. The van der Waals surface area contributed by atoms with Gasteiger partial charge >= 0.3 is 0 Å². The first kappa shape index (κ1) is 11.0. The van der Waals surface area contributed by atoms with Gasteiger partial charge in [0, 0.05) is 28.5 Å². The molecule has 4 heteroatoms. The third-order valence-corrected chi connectivity index (χ3v) is 3.22. The molecule has 1 atom stereocenters. The number of allylic oxidation sites excluding steroid dienone is 4. The second kappa shape index (κ2) is 4.99. The van der Waals surface area contributed by atoms with E-state index < -0.39 is 0 Å². The number of rotatable bonds is 2. The van der Waals surface area contributed by atoms with Crippen molar-refractivity contribution in [3.05, 3.63) is 33.9 Å². The van der Waals surface area contributed by atoms with Crippen LogP contribution in [0.25, 0.3) is 10.4 Å². The van der Waals surface area contributed by atoms with E-state index in [2.05, 4.69) is 22.2 Å². The van der Waals surface area contributed by atoms with Crippen LogP contribution in [0.5, 0.6) is 0 Å². The molecule has 2 aliphatic rings. The van der Waals surface area contributed by atoms with Crippen LogP contribution in [0.3, 0.4) is 0 Å². The lowest BCUT2D eigenvalue weighted by Gasteiger charge is -2.24. The standard InChI is InChI=1S/C12H15N3O/c13-15-14-10-7-4-8-11(16)12(10)9-5-2-1-3-6-9/h2,5,9H,1,3-4,6-8H2. The first-order valence-corrected chi connectivity index (χ1v) is 5.81. The number of nitrogens with zero attached hydrogens (tertiary/aromatic N) is 3. The summed E-state index contributed by atoms with van der Waals surface area (Å²) in [5, 5.41) is 3.70. The first-order valence-electron chi connectivity index (χ1n) is 5.81. The molecule has 84 valence electrons. The van der Waals surface area contributed by atoms with Crippen molar-refractivity contribution in [2.45, 2.75) is 38.5 Å². The van der Waals surface area contributed by atoms with E-state index in [9.17, 15) is 4.79 Å². The fourth-order valence-corrected chi connectivity index (χ4v) is 2.48. The Kier molecular flexibility index (Phi) is 3.42. The molecule has 2 aliphatic carbocycles. The molecule has 0 N–H and O–H groups in total. The minimum absolute atomic E-state index is 0.171. The molecule has 0 amide bonds. The lowest BCUT2D eigenvalue weighted by atomic mass is 9.81. The second-order valence-electron chi connectivity index (χ2n) is 4.29. The maximum Gasteiger partial charge on any atom is 0.159 e. The largest absolute Gasteiger partial charge is 0.295 e. The van der Waals surface area contributed by atoms with E-state index in [-0.39, 0.29) is 11.7 Å². The van der Waals surface area contributed by atoms with Gasteiger partial charge in [0.2, 0.25) is 0 Å². The molecule has 0 spiro atoms. The highest BCUT2D eigenvalue weighted by Crippen LogP contribution is 2.33. The molecule has 0 aromatic carbocycles. The minimum atomic E-state index is 0.171. The summed E-state index contributed by atoms with van der Waals surface area (Å²) < 4.78 is 0. The third kappa shape index (κ3) is 2.17. The lowest BCUT2D eigenvalue weighted by Crippen LogP contribution is -2.18. The van der Waals surface area contributed by atoms with Gasteiger partial charge in [-0.2, -0.15) is 0 Å². The van der Waals surface area contributed by atoms with Crippen molar-refractivity contribution in [3.8, 4) is 0 Å². The number of carbonyl (C=O) groups excluding carboxylic acids is 1. The number of hydrogen-bond acceptors (Lipinski definition) is 2. The number of hydrogen-bond donors (Lipinski definition) is 0. The van der Waals surface area contributed by atoms with Crippen LogP contribution in [-0.2, 0) is 4.79 Å². The summed E-state index contributed by atoms with van der Waals surface area (Å²) in [7, 11) is 0. The smallest absolute Gasteiger partial charge is 0.159 e. The van der Waals surface area contributed by atoms with E-state index in [0.29, 0.717) is 12.1 Å². The van der Waals surface area contributed by atoms with Crippen molar-refractivity contribution >= 4 is 5.78 Å². The molecule has 0 fully saturated rings. The molecule has 0 bridgehead atoms. The van der Waals surface area contributed by atoms with Crippen LogP contribution in [0.4, 0.5) is 0 Å². The van der Waals surface area contributed by atoms with Crippen LogP contribution >= 0.6 is 0 Å². The normalized spacial score (nSPS) is 25.5. The molecular weight excluding hydrogens is 202 g/mol. The molecule has 0 saturated heterocycles. The van der Waals surface area contributed by atoms with Gasteiger partial charge in [-0.05, 0) is 37.6 Å². The van der Waals surface area contributed by atoms with E-state index >= 15 is 0 Å². The topological polar surface area (TPSA) is 65.8 Å². The average Bonchev–Trinajstić information content (AvgIpc) is 2.31. The number of azide groups is 1. The molecule has 2 rings (SSSR count). The number of Topliss-reactive ketones (excluding diaryl/α,β-unsaturated/α-hetero) is 1. The van der Waals surface area contributed by atoms with Crippen LogP contribution in [0.15, 0.2) is 28.5 Å². The van der Waals surface area contributed by atoms with Gasteiger partial charge in [0.25, 0.3) is 0 Å². The average molecular weight is 217 g/mol. The first-order chi connectivity index (χ1) is 7.83. The molecular formula is C12H15N3O. The van der Waals surface area contributed by atoms with Crippen LogP contribution in [0.2, 0.25) is 0 Å². The van der Waals surface area contributed by atoms with E-state index in [4.69, 9.17) is 5.53 Å². The Morgan fingerprint density at radius 3 is 2.94 bits per heavy atom. The quantitative estimate of drug-likeness (QED) is 0.301. The van der Waals surface area contributed by atoms with Crippen LogP contribution in [0, 0.1) is 5.92 Å². The molecule has 0 saturated carbocycles. The Morgan fingerprint density at radius 2 is 2.25 bits per heavy atom. The van der Waals surface area contributed by atoms with Crippen LogP contribution < -0.4 is 0 Å². The maximum absolute atomic E-state index is 11.9. The predicted molar refractivity (Wildman–Crippen MR) is 61.5 cm³/mol. The minimum Gasteiger partial charge on any atom is -0.295 e. The van der Waals surface area contributed by atoms with Gasteiger partial charge in [-0.15, -0.1) is 0 Å². The molecule has 16 heavy (non-hydrogen) atoms. The Labute approximate surface area is 94.7 Å². The van der Waals surface area contributed by atoms with Crippen molar-refractivity contribution in [2.24, 2.45) is 11.0 Å². The van der Waals surface area contributed by atoms with Gasteiger partial charge in [-0.1, -0.05) is 17.3 Å². The summed E-state index contributed by atoms with van der Waals surface area (Å²) in [5.74, 6) is 0.354.